The van der Waals surface area contributed by atoms with Gasteiger partial charge in [0.15, 0.2) is 9.28 Å². The first-order chi connectivity index (χ1) is 13.7. The molecule has 3 aromatic rings. The van der Waals surface area contributed by atoms with Crippen molar-refractivity contribution in [2.75, 3.05) is 6.61 Å². The lowest BCUT2D eigenvalue weighted by Gasteiger charge is -2.48. The Hall–Kier alpha value is -1.99. The van der Waals surface area contributed by atoms with Crippen molar-refractivity contribution < 1.29 is 8.85 Å². The van der Waals surface area contributed by atoms with Gasteiger partial charge in [-0.2, -0.15) is 0 Å². The predicted molar refractivity (Wildman–Crippen MR) is 120 cm³/mol. The Morgan fingerprint density at radius 2 is 1.39 bits per heavy atom. The van der Waals surface area contributed by atoms with Gasteiger partial charge in [-0.15, -0.1) is 0 Å². The van der Waals surface area contributed by atoms with Crippen LogP contribution in [0, 0.1) is 0 Å². The number of benzene rings is 3. The second-order valence-electron chi connectivity index (χ2n) is 7.78. The monoisotopic (exact) mass is 404 g/mol. The van der Waals surface area contributed by atoms with Gasteiger partial charge in [0.05, 0.1) is 6.61 Å². The fourth-order valence-corrected chi connectivity index (χ4v) is 14.4. The molecule has 3 aromatic carbocycles. The molecular weight excluding hydrogens is 376 g/mol. The summed E-state index contributed by atoms with van der Waals surface area (Å²) >= 11 is 0. The van der Waals surface area contributed by atoms with Gasteiger partial charge in [0.2, 0.25) is 7.83 Å². The van der Waals surface area contributed by atoms with Crippen molar-refractivity contribution in [3.8, 4) is 0 Å². The van der Waals surface area contributed by atoms with E-state index in [1.807, 2.05) is 0 Å². The molecule has 4 rings (SSSR count). The lowest BCUT2D eigenvalue weighted by molar-refractivity contribution is 0.252. The first kappa shape index (κ1) is 19.3. The van der Waals surface area contributed by atoms with Gasteiger partial charge in [-0.05, 0) is 29.2 Å². The highest BCUT2D eigenvalue weighted by atomic mass is 29.2. The molecule has 0 aromatic heterocycles. The van der Waals surface area contributed by atoms with Crippen molar-refractivity contribution in [1.29, 1.82) is 0 Å². The Labute approximate surface area is 171 Å². The minimum Gasteiger partial charge on any atom is -0.424 e. The highest BCUT2D eigenvalue weighted by Crippen LogP contribution is 2.44. The van der Waals surface area contributed by atoms with E-state index in [9.17, 15) is 0 Å². The maximum Gasteiger partial charge on any atom is 0.218 e. The highest BCUT2D eigenvalue weighted by molar-refractivity contribution is 7.21. The molecule has 0 spiro atoms. The smallest absolute Gasteiger partial charge is 0.218 e. The Balaban J connectivity index is 1.80. The van der Waals surface area contributed by atoms with Gasteiger partial charge in [0, 0.05) is 11.6 Å². The van der Waals surface area contributed by atoms with Crippen molar-refractivity contribution in [3.05, 3.63) is 108 Å². The van der Waals surface area contributed by atoms with E-state index in [0.29, 0.717) is 6.61 Å². The molecule has 1 atom stereocenters. The summed E-state index contributed by atoms with van der Waals surface area (Å²) in [6.07, 6.45) is 1.10. The molecule has 0 aliphatic carbocycles. The Bertz CT molecular complexity index is 823. The van der Waals surface area contributed by atoms with Gasteiger partial charge in [-0.1, -0.05) is 97.9 Å². The summed E-state index contributed by atoms with van der Waals surface area (Å²) in [5, 5.41) is -0.114. The number of rotatable bonds is 6. The molecule has 1 aliphatic heterocycles. The van der Waals surface area contributed by atoms with Gasteiger partial charge in [0.1, 0.15) is 0 Å². The molecule has 144 valence electrons. The largest absolute Gasteiger partial charge is 0.424 e. The standard InChI is InChI=1S/C24H28O2Si2/c1-24(22-14-7-3-8-15-22,23-16-9-4-10-17-23)28(19-11-18-25-27-28)26-20-21-12-5-2-6-13-21/h2-10,12-17H,11,18-20,27H2,1H3. The van der Waals surface area contributed by atoms with E-state index in [0.717, 1.165) is 13.0 Å². The molecule has 1 unspecified atom stereocenters. The lowest BCUT2D eigenvalue weighted by atomic mass is 9.92. The van der Waals surface area contributed by atoms with E-state index < -0.39 is 17.1 Å². The average molecular weight is 405 g/mol. The summed E-state index contributed by atoms with van der Waals surface area (Å²) in [5.41, 5.74) is 3.97. The van der Waals surface area contributed by atoms with Gasteiger partial charge < -0.3 is 8.85 Å². The summed E-state index contributed by atoms with van der Waals surface area (Å²) in [5.74, 6) is 0. The first-order valence-corrected chi connectivity index (χ1v) is 15.1. The predicted octanol–water partition coefficient (Wildman–Crippen LogP) is 4.69. The molecule has 0 amide bonds. The van der Waals surface area contributed by atoms with Crippen LogP contribution in [0.25, 0.3) is 0 Å². The maximum atomic E-state index is 7.01. The van der Waals surface area contributed by atoms with Crippen LogP contribution >= 0.6 is 0 Å². The van der Waals surface area contributed by atoms with Crippen LogP contribution in [0.15, 0.2) is 91.0 Å². The number of hydrogen-bond acceptors (Lipinski definition) is 2. The van der Waals surface area contributed by atoms with Gasteiger partial charge >= 0.3 is 0 Å². The molecule has 1 heterocycles. The van der Waals surface area contributed by atoms with E-state index in [4.69, 9.17) is 8.85 Å². The van der Waals surface area contributed by atoms with Crippen LogP contribution in [0.4, 0.5) is 0 Å². The van der Waals surface area contributed by atoms with Crippen LogP contribution in [0.2, 0.25) is 6.04 Å². The normalized spacial score (nSPS) is 20.9. The van der Waals surface area contributed by atoms with Gasteiger partial charge in [-0.25, -0.2) is 0 Å². The second kappa shape index (κ2) is 8.58. The van der Waals surface area contributed by atoms with Gasteiger partial charge in [0.25, 0.3) is 0 Å². The topological polar surface area (TPSA) is 18.5 Å². The summed E-state index contributed by atoms with van der Waals surface area (Å²) < 4.78 is 13.2. The van der Waals surface area contributed by atoms with Crippen molar-refractivity contribution in [2.45, 2.75) is 31.0 Å². The van der Waals surface area contributed by atoms with Crippen molar-refractivity contribution >= 4 is 17.1 Å². The summed E-state index contributed by atoms with van der Waals surface area (Å²) in [4.78, 5) is 0. The minimum atomic E-state index is -2.18. The molecule has 0 N–H and O–H groups in total. The molecule has 1 saturated heterocycles. The van der Waals surface area contributed by atoms with Crippen molar-refractivity contribution in [2.24, 2.45) is 0 Å². The van der Waals surface area contributed by atoms with E-state index in [2.05, 4.69) is 97.9 Å². The average Bonchev–Trinajstić information content (AvgIpc) is 2.79. The molecule has 4 heteroatoms. The zero-order valence-corrected chi connectivity index (χ0v) is 18.9. The Kier molecular flexibility index (Phi) is 5.92. The van der Waals surface area contributed by atoms with Crippen LogP contribution < -0.4 is 0 Å². The molecule has 1 fully saturated rings. The minimum absolute atomic E-state index is 0.114. The summed E-state index contributed by atoms with van der Waals surface area (Å²) in [6.45, 7) is 3.99. The zero-order valence-electron chi connectivity index (χ0n) is 16.5. The SMILES string of the molecule is CC(c1ccccc1)(c1ccccc1)[Si]1(OCc2ccccc2)CCCO[SiH2]1. The number of hydrogen-bond donors (Lipinski definition) is 0. The maximum absolute atomic E-state index is 7.01. The van der Waals surface area contributed by atoms with Crippen LogP contribution in [0.1, 0.15) is 30.0 Å². The molecule has 0 radical (unpaired) electrons. The highest BCUT2D eigenvalue weighted by Gasteiger charge is 2.55. The fraction of sp³-hybridized carbons (Fsp3) is 0.250. The van der Waals surface area contributed by atoms with Crippen molar-refractivity contribution in [3.63, 3.8) is 0 Å². The summed E-state index contributed by atoms with van der Waals surface area (Å²) in [7, 11) is -2.96. The second-order valence-corrected chi connectivity index (χ2v) is 16.5. The molecular formula is C24H28O2Si2. The van der Waals surface area contributed by atoms with Crippen LogP contribution in [0.5, 0.6) is 0 Å². The lowest BCUT2D eigenvalue weighted by Crippen LogP contribution is -2.64. The van der Waals surface area contributed by atoms with Crippen LogP contribution in [-0.4, -0.2) is 23.7 Å². The third kappa shape index (κ3) is 3.65. The molecule has 1 aliphatic rings. The zero-order chi connectivity index (χ0) is 19.3. The molecule has 0 bridgehead atoms. The van der Waals surface area contributed by atoms with E-state index in [1.165, 1.54) is 22.7 Å². The van der Waals surface area contributed by atoms with Crippen LogP contribution in [-0.2, 0) is 20.5 Å². The van der Waals surface area contributed by atoms with Crippen LogP contribution in [0.3, 0.4) is 0 Å². The summed E-state index contributed by atoms with van der Waals surface area (Å²) in [6, 6.07) is 33.7. The van der Waals surface area contributed by atoms with Crippen molar-refractivity contribution in [1.82, 2.24) is 0 Å². The first-order valence-electron chi connectivity index (χ1n) is 10.1. The van der Waals surface area contributed by atoms with E-state index >= 15 is 0 Å². The Morgan fingerprint density at radius 3 is 1.89 bits per heavy atom. The molecule has 28 heavy (non-hydrogen) atoms. The quantitative estimate of drug-likeness (QED) is 0.555. The Morgan fingerprint density at radius 1 is 0.857 bits per heavy atom. The molecule has 0 saturated carbocycles. The van der Waals surface area contributed by atoms with E-state index in [-0.39, 0.29) is 5.04 Å². The third-order valence-electron chi connectivity index (χ3n) is 6.18. The van der Waals surface area contributed by atoms with Gasteiger partial charge in [-0.3, -0.25) is 0 Å². The van der Waals surface area contributed by atoms with E-state index in [1.54, 1.807) is 0 Å². The molecule has 2 nitrogen and oxygen atoms in total. The third-order valence-corrected chi connectivity index (χ3v) is 17.2. The fourth-order valence-electron chi connectivity index (χ4n) is 4.45.